The van der Waals surface area contributed by atoms with E-state index in [1.54, 1.807) is 0 Å². The third-order valence-electron chi connectivity index (χ3n) is 4.50. The van der Waals surface area contributed by atoms with Gasteiger partial charge in [0.05, 0.1) is 11.6 Å². The van der Waals surface area contributed by atoms with E-state index in [9.17, 15) is 0 Å². The highest BCUT2D eigenvalue weighted by Crippen LogP contribution is 2.38. The smallest absolute Gasteiger partial charge is 0.180 e. The van der Waals surface area contributed by atoms with Gasteiger partial charge in [-0.3, -0.25) is 0 Å². The highest BCUT2D eigenvalue weighted by Gasteiger charge is 2.19. The van der Waals surface area contributed by atoms with Gasteiger partial charge < -0.3 is 14.4 Å². The number of likely N-dealkylation sites (tertiary alicyclic amines) is 1. The second-order valence-electron chi connectivity index (χ2n) is 6.49. The van der Waals surface area contributed by atoms with Crippen molar-refractivity contribution in [1.29, 1.82) is 0 Å². The van der Waals surface area contributed by atoms with Crippen LogP contribution in [0.2, 0.25) is 10.0 Å². The fraction of sp³-hybridized carbons (Fsp3) is 0.381. The van der Waals surface area contributed by atoms with E-state index in [0.717, 1.165) is 29.2 Å². The molecule has 0 spiro atoms. The summed E-state index contributed by atoms with van der Waals surface area (Å²) in [5.74, 6) is 1.16. The molecule has 0 aromatic heterocycles. The molecule has 1 saturated heterocycles. The molecule has 2 aromatic rings. The van der Waals surface area contributed by atoms with Crippen molar-refractivity contribution in [3.05, 3.63) is 57.6 Å². The average molecular weight is 424 g/mol. The van der Waals surface area contributed by atoms with Crippen LogP contribution in [0, 0.1) is 0 Å². The molecule has 144 valence electrons. The van der Waals surface area contributed by atoms with Gasteiger partial charge in [0.15, 0.2) is 11.5 Å². The van der Waals surface area contributed by atoms with E-state index in [1.807, 2.05) is 43.3 Å². The van der Waals surface area contributed by atoms with Crippen LogP contribution in [-0.4, -0.2) is 29.6 Å². The van der Waals surface area contributed by atoms with Crippen LogP contribution in [0.4, 0.5) is 0 Å². The zero-order valence-electron chi connectivity index (χ0n) is 15.3. The lowest BCUT2D eigenvalue weighted by Crippen LogP contribution is -2.34. The molecule has 1 aliphatic heterocycles. The Balaban J connectivity index is 1.80. The predicted octanol–water partition coefficient (Wildman–Crippen LogP) is 6.13. The lowest BCUT2D eigenvalue weighted by atomic mass is 10.1. The zero-order chi connectivity index (χ0) is 19.2. The molecule has 0 atom stereocenters. The van der Waals surface area contributed by atoms with E-state index >= 15 is 0 Å². The Morgan fingerprint density at radius 1 is 1.04 bits per heavy atom. The van der Waals surface area contributed by atoms with Gasteiger partial charge in [0.25, 0.3) is 0 Å². The van der Waals surface area contributed by atoms with Crippen molar-refractivity contribution < 1.29 is 9.47 Å². The fourth-order valence-electron chi connectivity index (χ4n) is 3.11. The third kappa shape index (κ3) is 5.28. The summed E-state index contributed by atoms with van der Waals surface area (Å²) in [7, 11) is 0. The number of nitrogens with zero attached hydrogens (tertiary/aromatic N) is 1. The molecule has 6 heteroatoms. The minimum absolute atomic E-state index is 0.382. The molecule has 1 heterocycles. The lowest BCUT2D eigenvalue weighted by molar-refractivity contribution is 0.269. The van der Waals surface area contributed by atoms with Crippen LogP contribution >= 0.6 is 35.4 Å². The lowest BCUT2D eigenvalue weighted by Gasteiger charge is -2.29. The van der Waals surface area contributed by atoms with Crippen LogP contribution in [0.1, 0.15) is 37.3 Å². The maximum Gasteiger partial charge on any atom is 0.180 e. The zero-order valence-corrected chi connectivity index (χ0v) is 17.7. The first kappa shape index (κ1) is 20.2. The fourth-order valence-corrected chi connectivity index (χ4v) is 3.80. The van der Waals surface area contributed by atoms with E-state index < -0.39 is 0 Å². The highest BCUT2D eigenvalue weighted by molar-refractivity contribution is 7.80. The van der Waals surface area contributed by atoms with Crippen molar-refractivity contribution in [3.8, 4) is 11.5 Å². The Morgan fingerprint density at radius 2 is 1.74 bits per heavy atom. The molecule has 0 radical (unpaired) electrons. The molecule has 0 aliphatic carbocycles. The Labute approximate surface area is 176 Å². The number of hydrogen-bond donors (Lipinski definition) is 0. The van der Waals surface area contributed by atoms with E-state index in [0.29, 0.717) is 34.8 Å². The summed E-state index contributed by atoms with van der Waals surface area (Å²) in [6.07, 6.45) is 3.62. The van der Waals surface area contributed by atoms with Crippen molar-refractivity contribution in [2.24, 2.45) is 0 Å². The number of ether oxygens (including phenoxy) is 2. The van der Waals surface area contributed by atoms with E-state index in [1.165, 1.54) is 19.3 Å². The number of piperidine rings is 1. The molecule has 0 bridgehead atoms. The molecular formula is C21H23Cl2NO2S. The summed E-state index contributed by atoms with van der Waals surface area (Å²) >= 11 is 18.2. The van der Waals surface area contributed by atoms with Gasteiger partial charge >= 0.3 is 0 Å². The minimum atomic E-state index is 0.382. The Morgan fingerprint density at radius 3 is 2.41 bits per heavy atom. The van der Waals surface area contributed by atoms with Crippen LogP contribution in [0.15, 0.2) is 36.4 Å². The summed E-state index contributed by atoms with van der Waals surface area (Å²) in [5, 5.41) is 1.20. The summed E-state index contributed by atoms with van der Waals surface area (Å²) in [6, 6.07) is 11.3. The Hall–Kier alpha value is -1.49. The van der Waals surface area contributed by atoms with E-state index in [-0.39, 0.29) is 0 Å². The minimum Gasteiger partial charge on any atom is -0.490 e. The first-order chi connectivity index (χ1) is 13.1. The van der Waals surface area contributed by atoms with Gasteiger partial charge in [-0.1, -0.05) is 47.6 Å². The topological polar surface area (TPSA) is 21.7 Å². The molecular weight excluding hydrogens is 401 g/mol. The first-order valence-electron chi connectivity index (χ1n) is 9.21. The van der Waals surface area contributed by atoms with Crippen LogP contribution < -0.4 is 9.47 Å². The molecule has 0 N–H and O–H groups in total. The second kappa shape index (κ2) is 9.63. The van der Waals surface area contributed by atoms with Crippen LogP contribution in [0.3, 0.4) is 0 Å². The van der Waals surface area contributed by atoms with Gasteiger partial charge in [-0.15, -0.1) is 0 Å². The molecule has 3 nitrogen and oxygen atoms in total. The second-order valence-corrected chi connectivity index (χ2v) is 7.72. The summed E-state index contributed by atoms with van der Waals surface area (Å²) in [4.78, 5) is 3.07. The van der Waals surface area contributed by atoms with Crippen LogP contribution in [-0.2, 0) is 6.61 Å². The van der Waals surface area contributed by atoms with Gasteiger partial charge in [-0.05, 0) is 56.0 Å². The standard InChI is InChI=1S/C21H23Cl2NO2S/c1-2-25-19-13-16(21(27)24-10-4-3-5-11-24)12-18(23)20(19)26-14-15-6-8-17(22)9-7-15/h6-9,12-13H,2-5,10-11,14H2,1H3. The van der Waals surface area contributed by atoms with E-state index in [2.05, 4.69) is 4.90 Å². The number of thiocarbonyl (C=S) groups is 1. The predicted molar refractivity (Wildman–Crippen MR) is 116 cm³/mol. The number of rotatable bonds is 6. The molecule has 0 unspecified atom stereocenters. The van der Waals surface area contributed by atoms with Crippen molar-refractivity contribution in [2.45, 2.75) is 32.8 Å². The number of benzene rings is 2. The van der Waals surface area contributed by atoms with Crippen molar-refractivity contribution in [2.75, 3.05) is 19.7 Å². The van der Waals surface area contributed by atoms with Crippen molar-refractivity contribution in [1.82, 2.24) is 4.90 Å². The average Bonchev–Trinajstić information content (AvgIpc) is 2.69. The molecule has 27 heavy (non-hydrogen) atoms. The van der Waals surface area contributed by atoms with Gasteiger partial charge in [0.1, 0.15) is 11.6 Å². The molecule has 0 amide bonds. The first-order valence-corrected chi connectivity index (χ1v) is 10.4. The Bertz CT molecular complexity index is 790. The van der Waals surface area contributed by atoms with Gasteiger partial charge in [-0.25, -0.2) is 0 Å². The summed E-state index contributed by atoms with van der Waals surface area (Å²) < 4.78 is 11.8. The van der Waals surface area contributed by atoms with E-state index in [4.69, 9.17) is 44.9 Å². The highest BCUT2D eigenvalue weighted by atomic mass is 35.5. The maximum atomic E-state index is 6.54. The summed E-state index contributed by atoms with van der Waals surface area (Å²) in [6.45, 7) is 4.83. The molecule has 1 fully saturated rings. The quantitative estimate of drug-likeness (QED) is 0.520. The van der Waals surface area contributed by atoms with Crippen LogP contribution in [0.5, 0.6) is 11.5 Å². The number of hydrogen-bond acceptors (Lipinski definition) is 3. The Kier molecular flexibility index (Phi) is 7.22. The van der Waals surface area contributed by atoms with Gasteiger partial charge in [0.2, 0.25) is 0 Å². The largest absolute Gasteiger partial charge is 0.490 e. The van der Waals surface area contributed by atoms with Gasteiger partial charge in [0, 0.05) is 23.7 Å². The van der Waals surface area contributed by atoms with Crippen molar-refractivity contribution >= 4 is 40.4 Å². The third-order valence-corrected chi connectivity index (χ3v) is 5.52. The molecule has 1 aliphatic rings. The maximum absolute atomic E-state index is 6.54. The van der Waals surface area contributed by atoms with Gasteiger partial charge in [-0.2, -0.15) is 0 Å². The number of halogens is 2. The normalized spacial score (nSPS) is 14.1. The SMILES string of the molecule is CCOc1cc(C(=S)N2CCCCC2)cc(Cl)c1OCc1ccc(Cl)cc1. The molecule has 2 aromatic carbocycles. The van der Waals surface area contributed by atoms with Crippen molar-refractivity contribution in [3.63, 3.8) is 0 Å². The van der Waals surface area contributed by atoms with Crippen LogP contribution in [0.25, 0.3) is 0 Å². The molecule has 3 rings (SSSR count). The monoisotopic (exact) mass is 423 g/mol. The molecule has 0 saturated carbocycles. The summed E-state index contributed by atoms with van der Waals surface area (Å²) in [5.41, 5.74) is 1.91.